The van der Waals surface area contributed by atoms with E-state index in [1.807, 2.05) is 13.0 Å². The summed E-state index contributed by atoms with van der Waals surface area (Å²) in [4.78, 5) is 12.5. The van der Waals surface area contributed by atoms with Crippen LogP contribution in [0.2, 0.25) is 0 Å². The van der Waals surface area contributed by atoms with Gasteiger partial charge in [-0.3, -0.25) is 9.36 Å². The minimum absolute atomic E-state index is 0.0103. The molecule has 0 radical (unpaired) electrons. The molecule has 2 rings (SSSR count). The standard InChI is InChI=1S/C15H17N5O3/c1-4-5-6-20-14(21)11(8-16)10(3)13(15(20)22)18-17-12-7-9(2)23-19-12/h7,21H,4-6H2,1-3H3. The van der Waals surface area contributed by atoms with E-state index in [4.69, 9.17) is 4.52 Å². The average molecular weight is 315 g/mol. The van der Waals surface area contributed by atoms with Crippen LogP contribution in [0.15, 0.2) is 25.6 Å². The molecule has 8 heteroatoms. The third-order valence-corrected chi connectivity index (χ3v) is 3.37. The van der Waals surface area contributed by atoms with E-state index in [2.05, 4.69) is 15.4 Å². The lowest BCUT2D eigenvalue weighted by Gasteiger charge is -2.12. The summed E-state index contributed by atoms with van der Waals surface area (Å²) < 4.78 is 6.03. The third kappa shape index (κ3) is 3.29. The van der Waals surface area contributed by atoms with E-state index in [-0.39, 0.29) is 28.5 Å². The van der Waals surface area contributed by atoms with Gasteiger partial charge in [-0.2, -0.15) is 5.26 Å². The number of nitrogens with zero attached hydrogens (tertiary/aromatic N) is 5. The predicted molar refractivity (Wildman–Crippen MR) is 82.1 cm³/mol. The van der Waals surface area contributed by atoms with Crippen molar-refractivity contribution in [1.82, 2.24) is 9.72 Å². The Balaban J connectivity index is 2.56. The van der Waals surface area contributed by atoms with E-state index < -0.39 is 5.56 Å². The van der Waals surface area contributed by atoms with Crippen LogP contribution in [0.1, 0.15) is 36.7 Å². The Morgan fingerprint density at radius 3 is 2.74 bits per heavy atom. The van der Waals surface area contributed by atoms with Crippen LogP contribution in [0.3, 0.4) is 0 Å². The van der Waals surface area contributed by atoms with Crippen LogP contribution in [0, 0.1) is 25.2 Å². The molecule has 120 valence electrons. The van der Waals surface area contributed by atoms with Crippen LogP contribution in [0.5, 0.6) is 5.88 Å². The van der Waals surface area contributed by atoms with Gasteiger partial charge in [-0.05, 0) is 20.3 Å². The Bertz CT molecular complexity index is 842. The number of aromatic nitrogens is 2. The van der Waals surface area contributed by atoms with Gasteiger partial charge in [0.2, 0.25) is 11.7 Å². The summed E-state index contributed by atoms with van der Waals surface area (Å²) in [5.74, 6) is 0.465. The van der Waals surface area contributed by atoms with Gasteiger partial charge in [-0.15, -0.1) is 10.2 Å². The van der Waals surface area contributed by atoms with Gasteiger partial charge < -0.3 is 9.63 Å². The van der Waals surface area contributed by atoms with E-state index in [1.54, 1.807) is 19.9 Å². The molecular formula is C15H17N5O3. The van der Waals surface area contributed by atoms with Crippen molar-refractivity contribution in [2.45, 2.75) is 40.2 Å². The van der Waals surface area contributed by atoms with Crippen molar-refractivity contribution in [3.63, 3.8) is 0 Å². The molecule has 0 aliphatic heterocycles. The number of pyridine rings is 1. The highest BCUT2D eigenvalue weighted by Gasteiger charge is 2.18. The van der Waals surface area contributed by atoms with Gasteiger partial charge in [0.05, 0.1) is 0 Å². The molecule has 2 aromatic heterocycles. The summed E-state index contributed by atoms with van der Waals surface area (Å²) in [6, 6.07) is 3.47. The number of hydrogen-bond donors (Lipinski definition) is 1. The minimum atomic E-state index is -0.489. The summed E-state index contributed by atoms with van der Waals surface area (Å²) in [6.07, 6.45) is 1.54. The summed E-state index contributed by atoms with van der Waals surface area (Å²) in [6.45, 7) is 5.53. The molecule has 0 bridgehead atoms. The van der Waals surface area contributed by atoms with Crippen LogP contribution in [0.4, 0.5) is 11.5 Å². The molecule has 0 unspecified atom stereocenters. The first-order chi connectivity index (χ1) is 11.0. The number of aromatic hydroxyl groups is 1. The summed E-state index contributed by atoms with van der Waals surface area (Å²) in [5, 5.41) is 30.8. The maximum Gasteiger partial charge on any atom is 0.281 e. The van der Waals surface area contributed by atoms with Crippen molar-refractivity contribution >= 4 is 11.5 Å². The maximum absolute atomic E-state index is 12.5. The van der Waals surface area contributed by atoms with Crippen LogP contribution in [-0.4, -0.2) is 14.8 Å². The molecule has 0 saturated carbocycles. The molecule has 0 saturated heterocycles. The minimum Gasteiger partial charge on any atom is -0.493 e. The van der Waals surface area contributed by atoms with Gasteiger partial charge in [0.25, 0.3) is 5.56 Å². The highest BCUT2D eigenvalue weighted by Crippen LogP contribution is 2.26. The lowest BCUT2D eigenvalue weighted by Crippen LogP contribution is -2.22. The highest BCUT2D eigenvalue weighted by molar-refractivity contribution is 5.56. The Morgan fingerprint density at radius 2 is 2.17 bits per heavy atom. The van der Waals surface area contributed by atoms with Crippen molar-refractivity contribution in [3.8, 4) is 11.9 Å². The van der Waals surface area contributed by atoms with Crippen molar-refractivity contribution in [2.75, 3.05) is 0 Å². The van der Waals surface area contributed by atoms with Gasteiger partial charge in [-0.1, -0.05) is 18.5 Å². The molecule has 1 N–H and O–H groups in total. The number of rotatable bonds is 5. The van der Waals surface area contributed by atoms with Crippen molar-refractivity contribution in [1.29, 1.82) is 5.26 Å². The van der Waals surface area contributed by atoms with Gasteiger partial charge in [0.1, 0.15) is 17.4 Å². The highest BCUT2D eigenvalue weighted by atomic mass is 16.5. The first-order valence-corrected chi connectivity index (χ1v) is 7.21. The summed E-state index contributed by atoms with van der Waals surface area (Å²) in [5.41, 5.74) is -0.176. The van der Waals surface area contributed by atoms with E-state index in [9.17, 15) is 15.2 Å². The molecule has 0 aliphatic rings. The molecule has 0 aliphatic carbocycles. The van der Waals surface area contributed by atoms with Crippen LogP contribution < -0.4 is 5.56 Å². The molecule has 0 fully saturated rings. The SMILES string of the molecule is CCCCn1c(O)c(C#N)c(C)c(N=Nc2cc(C)on2)c1=O. The summed E-state index contributed by atoms with van der Waals surface area (Å²) >= 11 is 0. The number of azo groups is 1. The molecule has 23 heavy (non-hydrogen) atoms. The van der Waals surface area contributed by atoms with Gasteiger partial charge in [0, 0.05) is 18.2 Å². The van der Waals surface area contributed by atoms with Crippen LogP contribution >= 0.6 is 0 Å². The van der Waals surface area contributed by atoms with Gasteiger partial charge in [0.15, 0.2) is 5.69 Å². The predicted octanol–water partition coefficient (Wildman–Crippen LogP) is 3.25. The van der Waals surface area contributed by atoms with Gasteiger partial charge >= 0.3 is 0 Å². The van der Waals surface area contributed by atoms with E-state index >= 15 is 0 Å². The van der Waals surface area contributed by atoms with Crippen molar-refractivity contribution in [3.05, 3.63) is 33.3 Å². The molecule has 0 aromatic carbocycles. The zero-order chi connectivity index (χ0) is 17.0. The molecule has 2 heterocycles. The molecule has 2 aromatic rings. The Labute approximate surface area is 132 Å². The number of aryl methyl sites for hydroxylation is 1. The van der Waals surface area contributed by atoms with E-state index in [0.717, 1.165) is 11.0 Å². The smallest absolute Gasteiger partial charge is 0.281 e. The fourth-order valence-electron chi connectivity index (χ4n) is 2.08. The Hall–Kier alpha value is -2.95. The lowest BCUT2D eigenvalue weighted by atomic mass is 10.1. The second kappa shape index (κ2) is 6.87. The van der Waals surface area contributed by atoms with Gasteiger partial charge in [-0.25, -0.2) is 0 Å². The maximum atomic E-state index is 12.5. The largest absolute Gasteiger partial charge is 0.493 e. The second-order valence-electron chi connectivity index (χ2n) is 5.09. The van der Waals surface area contributed by atoms with E-state index in [1.165, 1.54) is 0 Å². The first kappa shape index (κ1) is 16.4. The van der Waals surface area contributed by atoms with Crippen LogP contribution in [0.25, 0.3) is 0 Å². The zero-order valence-corrected chi connectivity index (χ0v) is 13.2. The second-order valence-corrected chi connectivity index (χ2v) is 5.09. The van der Waals surface area contributed by atoms with Crippen molar-refractivity contribution in [2.24, 2.45) is 10.2 Å². The molecule has 0 amide bonds. The topological polar surface area (TPSA) is 117 Å². The Kier molecular flexibility index (Phi) is 4.91. The zero-order valence-electron chi connectivity index (χ0n) is 13.2. The molecule has 8 nitrogen and oxygen atoms in total. The first-order valence-electron chi connectivity index (χ1n) is 7.21. The van der Waals surface area contributed by atoms with E-state index in [0.29, 0.717) is 18.7 Å². The average Bonchev–Trinajstić information content (AvgIpc) is 2.93. The monoisotopic (exact) mass is 315 g/mol. The number of nitriles is 1. The molecule has 0 spiro atoms. The number of hydrogen-bond acceptors (Lipinski definition) is 7. The normalized spacial score (nSPS) is 11.0. The Morgan fingerprint density at radius 1 is 1.43 bits per heavy atom. The van der Waals surface area contributed by atoms with Crippen LogP contribution in [-0.2, 0) is 6.54 Å². The lowest BCUT2D eigenvalue weighted by molar-refractivity contribution is 0.398. The fraction of sp³-hybridized carbons (Fsp3) is 0.400. The fourth-order valence-corrected chi connectivity index (χ4v) is 2.08. The molecule has 0 atom stereocenters. The molecular weight excluding hydrogens is 298 g/mol. The number of unbranched alkanes of at least 4 members (excludes halogenated alkanes) is 1. The quantitative estimate of drug-likeness (QED) is 0.850. The van der Waals surface area contributed by atoms with Crippen molar-refractivity contribution < 1.29 is 9.63 Å². The summed E-state index contributed by atoms with van der Waals surface area (Å²) in [7, 11) is 0. The third-order valence-electron chi connectivity index (χ3n) is 3.37.